The molecule has 0 heterocycles. The van der Waals surface area contributed by atoms with Gasteiger partial charge in [0.1, 0.15) is 11.5 Å². The molecule has 0 bridgehead atoms. The van der Waals surface area contributed by atoms with Crippen molar-refractivity contribution in [2.24, 2.45) is 0 Å². The summed E-state index contributed by atoms with van der Waals surface area (Å²) in [5, 5.41) is 12.1. The van der Waals surface area contributed by atoms with Crippen molar-refractivity contribution in [2.75, 3.05) is 0 Å². The zero-order valence-electron chi connectivity index (χ0n) is 14.4. The van der Waals surface area contributed by atoms with Gasteiger partial charge < -0.3 is 15.2 Å². The van der Waals surface area contributed by atoms with Crippen molar-refractivity contribution < 1.29 is 27.8 Å². The van der Waals surface area contributed by atoms with E-state index in [9.17, 15) is 23.1 Å². The van der Waals surface area contributed by atoms with Crippen LogP contribution in [0.4, 0.5) is 13.2 Å². The highest BCUT2D eigenvalue weighted by Gasteiger charge is 2.34. The number of rotatable bonds is 6. The SMILES string of the molecule is CC(C)Oc1ccc(CNC(=O)Cc2ccccc2O)c(C(F)(F)F)c1. The average Bonchev–Trinajstić information content (AvgIpc) is 2.54. The van der Waals surface area contributed by atoms with Crippen LogP contribution in [0, 0.1) is 0 Å². The Hall–Kier alpha value is -2.70. The second-order valence-corrected chi connectivity index (χ2v) is 6.07. The lowest BCUT2D eigenvalue weighted by atomic mass is 10.1. The molecule has 0 atom stereocenters. The molecule has 0 fully saturated rings. The molecule has 140 valence electrons. The highest BCUT2D eigenvalue weighted by molar-refractivity contribution is 5.79. The molecule has 0 aliphatic heterocycles. The molecule has 0 radical (unpaired) electrons. The summed E-state index contributed by atoms with van der Waals surface area (Å²) < 4.78 is 45.2. The first kappa shape index (κ1) is 19.6. The van der Waals surface area contributed by atoms with Gasteiger partial charge in [0.15, 0.2) is 0 Å². The lowest BCUT2D eigenvalue weighted by Gasteiger charge is -2.17. The van der Waals surface area contributed by atoms with Gasteiger partial charge in [-0.25, -0.2) is 0 Å². The summed E-state index contributed by atoms with van der Waals surface area (Å²) in [7, 11) is 0. The smallest absolute Gasteiger partial charge is 0.416 e. The third-order valence-corrected chi connectivity index (χ3v) is 3.58. The molecule has 2 aromatic rings. The van der Waals surface area contributed by atoms with Crippen molar-refractivity contribution in [1.82, 2.24) is 5.32 Å². The topological polar surface area (TPSA) is 58.6 Å². The Balaban J connectivity index is 2.10. The van der Waals surface area contributed by atoms with E-state index in [1.807, 2.05) is 0 Å². The number of hydrogen-bond acceptors (Lipinski definition) is 3. The minimum Gasteiger partial charge on any atom is -0.508 e. The van der Waals surface area contributed by atoms with Crippen LogP contribution in [0.5, 0.6) is 11.5 Å². The lowest BCUT2D eigenvalue weighted by molar-refractivity contribution is -0.138. The Bertz CT molecular complexity index is 773. The average molecular weight is 367 g/mol. The van der Waals surface area contributed by atoms with Crippen LogP contribution in [0.3, 0.4) is 0 Å². The first-order valence-electron chi connectivity index (χ1n) is 8.07. The van der Waals surface area contributed by atoms with E-state index in [1.165, 1.54) is 18.2 Å². The molecular weight excluding hydrogens is 347 g/mol. The van der Waals surface area contributed by atoms with Crippen LogP contribution in [-0.4, -0.2) is 17.1 Å². The summed E-state index contributed by atoms with van der Waals surface area (Å²) in [6.07, 6.45) is -4.93. The van der Waals surface area contributed by atoms with E-state index in [0.717, 1.165) is 6.07 Å². The number of benzene rings is 2. The van der Waals surface area contributed by atoms with Gasteiger partial charge in [0.05, 0.1) is 18.1 Å². The maximum atomic E-state index is 13.3. The van der Waals surface area contributed by atoms with Gasteiger partial charge in [0.2, 0.25) is 5.91 Å². The van der Waals surface area contributed by atoms with Crippen LogP contribution >= 0.6 is 0 Å². The second-order valence-electron chi connectivity index (χ2n) is 6.07. The first-order valence-corrected chi connectivity index (χ1v) is 8.07. The Morgan fingerprint density at radius 2 is 1.85 bits per heavy atom. The molecule has 0 aromatic heterocycles. The summed E-state index contributed by atoms with van der Waals surface area (Å²) in [6, 6.07) is 9.97. The molecule has 0 saturated carbocycles. The summed E-state index contributed by atoms with van der Waals surface area (Å²) in [5.74, 6) is -0.396. The van der Waals surface area contributed by atoms with E-state index < -0.39 is 17.6 Å². The fourth-order valence-electron chi connectivity index (χ4n) is 2.41. The van der Waals surface area contributed by atoms with Crippen molar-refractivity contribution >= 4 is 5.91 Å². The number of hydrogen-bond donors (Lipinski definition) is 2. The third kappa shape index (κ3) is 5.40. The molecule has 26 heavy (non-hydrogen) atoms. The van der Waals surface area contributed by atoms with E-state index in [1.54, 1.807) is 32.0 Å². The number of nitrogens with one attached hydrogen (secondary N) is 1. The fourth-order valence-corrected chi connectivity index (χ4v) is 2.41. The van der Waals surface area contributed by atoms with Gasteiger partial charge in [-0.3, -0.25) is 4.79 Å². The molecule has 2 rings (SSSR count). The van der Waals surface area contributed by atoms with Gasteiger partial charge in [0, 0.05) is 12.1 Å². The van der Waals surface area contributed by atoms with Crippen LogP contribution in [-0.2, 0) is 23.9 Å². The number of phenols is 1. The van der Waals surface area contributed by atoms with Crippen LogP contribution in [0.25, 0.3) is 0 Å². The summed E-state index contributed by atoms with van der Waals surface area (Å²) in [4.78, 5) is 12.0. The Labute approximate surface area is 149 Å². The molecule has 0 aliphatic carbocycles. The standard InChI is InChI=1S/C19H20F3NO3/c1-12(2)26-15-8-7-14(16(10-15)19(20,21)22)11-23-18(25)9-13-5-3-4-6-17(13)24/h3-8,10,12,24H,9,11H2,1-2H3,(H,23,25). The molecule has 7 heteroatoms. The zero-order chi connectivity index (χ0) is 19.3. The maximum absolute atomic E-state index is 13.3. The predicted octanol–water partition coefficient (Wildman–Crippen LogP) is 4.06. The molecule has 0 spiro atoms. The molecule has 2 N–H and O–H groups in total. The van der Waals surface area contributed by atoms with Crippen LogP contribution < -0.4 is 10.1 Å². The number of para-hydroxylation sites is 1. The largest absolute Gasteiger partial charge is 0.508 e. The van der Waals surface area contributed by atoms with Crippen molar-refractivity contribution in [3.63, 3.8) is 0 Å². The minimum absolute atomic E-state index is 0.0335. The molecule has 0 aliphatic rings. The Kier molecular flexibility index (Phi) is 6.13. The van der Waals surface area contributed by atoms with Crippen molar-refractivity contribution in [2.45, 2.75) is 39.1 Å². The van der Waals surface area contributed by atoms with Gasteiger partial charge in [0.25, 0.3) is 0 Å². The van der Waals surface area contributed by atoms with Crippen molar-refractivity contribution in [3.05, 3.63) is 59.2 Å². The zero-order valence-corrected chi connectivity index (χ0v) is 14.4. The number of carbonyl (C=O) groups excluding carboxylic acids is 1. The van der Waals surface area contributed by atoms with Crippen LogP contribution in [0.1, 0.15) is 30.5 Å². The van der Waals surface area contributed by atoms with E-state index in [2.05, 4.69) is 5.32 Å². The van der Waals surface area contributed by atoms with Gasteiger partial charge in [-0.15, -0.1) is 0 Å². The van der Waals surface area contributed by atoms with Crippen LogP contribution in [0.2, 0.25) is 0 Å². The van der Waals surface area contributed by atoms with Gasteiger partial charge in [-0.05, 0) is 37.6 Å². The van der Waals surface area contributed by atoms with Crippen LogP contribution in [0.15, 0.2) is 42.5 Å². The summed E-state index contributed by atoms with van der Waals surface area (Å²) in [5.41, 5.74) is -0.500. The quantitative estimate of drug-likeness (QED) is 0.810. The molecular formula is C19H20F3NO3. The molecule has 0 unspecified atom stereocenters. The molecule has 1 amide bonds. The second kappa shape index (κ2) is 8.12. The molecule has 4 nitrogen and oxygen atoms in total. The van der Waals surface area contributed by atoms with Gasteiger partial charge in [-0.1, -0.05) is 24.3 Å². The highest BCUT2D eigenvalue weighted by Crippen LogP contribution is 2.34. The summed E-state index contributed by atoms with van der Waals surface area (Å²) in [6.45, 7) is 3.17. The normalized spacial score (nSPS) is 11.5. The molecule has 0 saturated heterocycles. The molecule has 2 aromatic carbocycles. The summed E-state index contributed by atoms with van der Waals surface area (Å²) >= 11 is 0. The van der Waals surface area contributed by atoms with E-state index >= 15 is 0 Å². The number of aromatic hydroxyl groups is 1. The minimum atomic E-state index is -4.56. The number of carbonyl (C=O) groups is 1. The van der Waals surface area contributed by atoms with E-state index in [0.29, 0.717) is 5.56 Å². The maximum Gasteiger partial charge on any atom is 0.416 e. The predicted molar refractivity (Wildman–Crippen MR) is 90.9 cm³/mol. The number of halogens is 3. The monoisotopic (exact) mass is 367 g/mol. The van der Waals surface area contributed by atoms with Crippen molar-refractivity contribution in [1.29, 1.82) is 0 Å². The lowest BCUT2D eigenvalue weighted by Crippen LogP contribution is -2.26. The van der Waals surface area contributed by atoms with Gasteiger partial charge >= 0.3 is 6.18 Å². The highest BCUT2D eigenvalue weighted by atomic mass is 19.4. The van der Waals surface area contributed by atoms with Crippen molar-refractivity contribution in [3.8, 4) is 11.5 Å². The third-order valence-electron chi connectivity index (χ3n) is 3.58. The number of ether oxygens (including phenoxy) is 1. The van der Waals surface area contributed by atoms with E-state index in [4.69, 9.17) is 4.74 Å². The van der Waals surface area contributed by atoms with E-state index in [-0.39, 0.29) is 36.1 Å². The first-order chi connectivity index (χ1) is 12.2. The number of alkyl halides is 3. The fraction of sp³-hybridized carbons (Fsp3) is 0.316. The number of amides is 1. The Morgan fingerprint density at radius 1 is 1.15 bits per heavy atom. The number of phenolic OH excluding ortho intramolecular Hbond substituents is 1. The van der Waals surface area contributed by atoms with Gasteiger partial charge in [-0.2, -0.15) is 13.2 Å². The Morgan fingerprint density at radius 3 is 2.46 bits per heavy atom.